The van der Waals surface area contributed by atoms with Crippen molar-refractivity contribution in [3.05, 3.63) is 102 Å². The topological polar surface area (TPSA) is 43.1 Å². The largest absolute Gasteiger partial charge is 0.337 e. The van der Waals surface area contributed by atoms with E-state index in [0.29, 0.717) is 17.9 Å². The van der Waals surface area contributed by atoms with E-state index < -0.39 is 5.82 Å². The van der Waals surface area contributed by atoms with Crippen LogP contribution in [0.5, 0.6) is 0 Å². The van der Waals surface area contributed by atoms with Gasteiger partial charge in [-0.1, -0.05) is 42.5 Å². The first kappa shape index (κ1) is 17.7. The van der Waals surface area contributed by atoms with Gasteiger partial charge >= 0.3 is 0 Å². The molecular weight excluding hydrogens is 355 g/mol. The first-order valence-electron chi connectivity index (χ1n) is 8.91. The molecular formula is C22H19FN4O. The Kier molecular flexibility index (Phi) is 4.76. The lowest BCUT2D eigenvalue weighted by atomic mass is 10.2. The van der Waals surface area contributed by atoms with Crippen LogP contribution in [0.1, 0.15) is 15.9 Å². The Morgan fingerprint density at radius 2 is 1.68 bits per heavy atom. The number of para-hydroxylation sites is 1. The average Bonchev–Trinajstić information content (AvgIpc) is 3.38. The third kappa shape index (κ3) is 3.32. The van der Waals surface area contributed by atoms with Crippen LogP contribution in [-0.4, -0.2) is 32.2 Å². The molecule has 0 aliphatic carbocycles. The number of aromatic nitrogens is 3. The standard InChI is InChI=1S/C22H19FN4O/c1-25(16-17-9-3-2-4-10-17)22(28)18-15-24-27(20-12-6-5-11-19(20)23)21(18)26-13-7-8-14-26/h2-15H,16H2,1H3. The van der Waals surface area contributed by atoms with Gasteiger partial charge in [0.15, 0.2) is 5.82 Å². The molecule has 0 bridgehead atoms. The highest BCUT2D eigenvalue weighted by molar-refractivity contribution is 5.97. The number of hydrogen-bond donors (Lipinski definition) is 0. The lowest BCUT2D eigenvalue weighted by Crippen LogP contribution is -2.27. The smallest absolute Gasteiger partial charge is 0.259 e. The number of benzene rings is 2. The predicted octanol–water partition coefficient (Wildman–Crippen LogP) is 4.07. The molecule has 0 saturated heterocycles. The quantitative estimate of drug-likeness (QED) is 0.528. The number of rotatable bonds is 5. The van der Waals surface area contributed by atoms with Gasteiger partial charge < -0.3 is 9.47 Å². The van der Waals surface area contributed by atoms with Gasteiger partial charge in [-0.2, -0.15) is 5.10 Å². The van der Waals surface area contributed by atoms with E-state index in [1.807, 2.05) is 54.9 Å². The first-order chi connectivity index (χ1) is 13.6. The van der Waals surface area contributed by atoms with Gasteiger partial charge in [0.25, 0.3) is 5.91 Å². The molecule has 0 aliphatic heterocycles. The second-order valence-electron chi connectivity index (χ2n) is 6.48. The summed E-state index contributed by atoms with van der Waals surface area (Å²) in [5.41, 5.74) is 1.72. The molecule has 0 N–H and O–H groups in total. The van der Waals surface area contributed by atoms with Crippen LogP contribution in [0.25, 0.3) is 11.5 Å². The normalized spacial score (nSPS) is 10.8. The highest BCUT2D eigenvalue weighted by Gasteiger charge is 2.23. The van der Waals surface area contributed by atoms with Gasteiger partial charge in [-0.05, 0) is 29.8 Å². The Morgan fingerprint density at radius 3 is 2.39 bits per heavy atom. The summed E-state index contributed by atoms with van der Waals surface area (Å²) in [6, 6.07) is 19.8. The van der Waals surface area contributed by atoms with E-state index in [0.717, 1.165) is 5.56 Å². The van der Waals surface area contributed by atoms with Gasteiger partial charge in [-0.15, -0.1) is 0 Å². The van der Waals surface area contributed by atoms with Crippen LogP contribution >= 0.6 is 0 Å². The van der Waals surface area contributed by atoms with E-state index in [-0.39, 0.29) is 11.6 Å². The molecule has 28 heavy (non-hydrogen) atoms. The fraction of sp³-hybridized carbons (Fsp3) is 0.0909. The summed E-state index contributed by atoms with van der Waals surface area (Å²) < 4.78 is 17.6. The Labute approximate surface area is 162 Å². The fourth-order valence-corrected chi connectivity index (χ4v) is 3.15. The molecule has 140 valence electrons. The molecule has 0 saturated carbocycles. The van der Waals surface area contributed by atoms with Gasteiger partial charge in [0.05, 0.1) is 6.20 Å². The predicted molar refractivity (Wildman–Crippen MR) is 105 cm³/mol. The Bertz CT molecular complexity index is 1090. The molecule has 6 heteroatoms. The number of nitrogens with zero attached hydrogens (tertiary/aromatic N) is 4. The van der Waals surface area contributed by atoms with Gasteiger partial charge in [0, 0.05) is 26.0 Å². The Balaban J connectivity index is 1.75. The van der Waals surface area contributed by atoms with Crippen LogP contribution < -0.4 is 0 Å². The maximum atomic E-state index is 14.4. The summed E-state index contributed by atoms with van der Waals surface area (Å²) in [6.45, 7) is 0.468. The van der Waals surface area contributed by atoms with Crippen LogP contribution in [-0.2, 0) is 6.54 Å². The molecule has 2 heterocycles. The number of hydrogen-bond acceptors (Lipinski definition) is 2. The zero-order valence-corrected chi connectivity index (χ0v) is 15.4. The van der Waals surface area contributed by atoms with Crippen LogP contribution in [0.15, 0.2) is 85.3 Å². The average molecular weight is 374 g/mol. The molecule has 1 amide bonds. The van der Waals surface area contributed by atoms with Crippen molar-refractivity contribution in [2.75, 3.05) is 7.05 Å². The summed E-state index contributed by atoms with van der Waals surface area (Å²) in [4.78, 5) is 14.8. The maximum absolute atomic E-state index is 14.4. The Hall–Kier alpha value is -3.67. The molecule has 5 nitrogen and oxygen atoms in total. The van der Waals surface area contributed by atoms with Crippen molar-refractivity contribution >= 4 is 5.91 Å². The molecule has 0 spiro atoms. The van der Waals surface area contributed by atoms with E-state index >= 15 is 0 Å². The van der Waals surface area contributed by atoms with Crippen LogP contribution in [0, 0.1) is 5.82 Å². The van der Waals surface area contributed by atoms with Crippen molar-refractivity contribution in [3.8, 4) is 11.5 Å². The maximum Gasteiger partial charge on any atom is 0.259 e. The minimum absolute atomic E-state index is 0.185. The second kappa shape index (κ2) is 7.52. The monoisotopic (exact) mass is 374 g/mol. The number of carbonyl (C=O) groups is 1. The van der Waals surface area contributed by atoms with E-state index in [1.54, 1.807) is 34.7 Å². The summed E-state index contributed by atoms with van der Waals surface area (Å²) in [7, 11) is 1.75. The summed E-state index contributed by atoms with van der Waals surface area (Å²) in [5, 5.41) is 4.32. The van der Waals surface area contributed by atoms with E-state index in [9.17, 15) is 9.18 Å². The lowest BCUT2D eigenvalue weighted by Gasteiger charge is -2.18. The van der Waals surface area contributed by atoms with Crippen molar-refractivity contribution in [2.24, 2.45) is 0 Å². The molecule has 4 rings (SSSR count). The third-order valence-corrected chi connectivity index (χ3v) is 4.51. The summed E-state index contributed by atoms with van der Waals surface area (Å²) >= 11 is 0. The molecule has 2 aromatic carbocycles. The van der Waals surface area contributed by atoms with Crippen LogP contribution in [0.4, 0.5) is 4.39 Å². The summed E-state index contributed by atoms with van der Waals surface area (Å²) in [5.74, 6) is -0.0919. The highest BCUT2D eigenvalue weighted by atomic mass is 19.1. The number of halogens is 1. The van der Waals surface area contributed by atoms with E-state index in [1.165, 1.54) is 16.9 Å². The molecule has 0 aliphatic rings. The lowest BCUT2D eigenvalue weighted by molar-refractivity contribution is 0.0785. The van der Waals surface area contributed by atoms with Crippen LogP contribution in [0.3, 0.4) is 0 Å². The molecule has 0 atom stereocenters. The first-order valence-corrected chi connectivity index (χ1v) is 8.91. The van der Waals surface area contributed by atoms with Gasteiger partial charge in [-0.25, -0.2) is 9.07 Å². The molecule has 0 fully saturated rings. The highest BCUT2D eigenvalue weighted by Crippen LogP contribution is 2.23. The van der Waals surface area contributed by atoms with Crippen LogP contribution in [0.2, 0.25) is 0 Å². The van der Waals surface area contributed by atoms with Gasteiger partial charge in [0.1, 0.15) is 17.1 Å². The van der Waals surface area contributed by atoms with Crippen molar-refractivity contribution in [3.63, 3.8) is 0 Å². The number of carbonyl (C=O) groups excluding carboxylic acids is 1. The minimum atomic E-state index is -0.407. The zero-order valence-electron chi connectivity index (χ0n) is 15.4. The zero-order chi connectivity index (χ0) is 19.5. The second-order valence-corrected chi connectivity index (χ2v) is 6.48. The molecule has 2 aromatic heterocycles. The molecule has 0 radical (unpaired) electrons. The van der Waals surface area contributed by atoms with E-state index in [4.69, 9.17) is 0 Å². The Morgan fingerprint density at radius 1 is 1.00 bits per heavy atom. The fourth-order valence-electron chi connectivity index (χ4n) is 3.15. The number of amides is 1. The van der Waals surface area contributed by atoms with Crippen molar-refractivity contribution in [2.45, 2.75) is 6.54 Å². The minimum Gasteiger partial charge on any atom is -0.337 e. The van der Waals surface area contributed by atoms with Gasteiger partial charge in [-0.3, -0.25) is 4.79 Å². The van der Waals surface area contributed by atoms with Gasteiger partial charge in [0.2, 0.25) is 0 Å². The third-order valence-electron chi connectivity index (χ3n) is 4.51. The molecule has 4 aromatic rings. The summed E-state index contributed by atoms with van der Waals surface area (Å²) in [6.07, 6.45) is 5.11. The van der Waals surface area contributed by atoms with E-state index in [2.05, 4.69) is 5.10 Å². The van der Waals surface area contributed by atoms with Crippen molar-refractivity contribution in [1.29, 1.82) is 0 Å². The van der Waals surface area contributed by atoms with Crippen molar-refractivity contribution in [1.82, 2.24) is 19.2 Å². The van der Waals surface area contributed by atoms with Crippen molar-refractivity contribution < 1.29 is 9.18 Å². The molecule has 0 unspecified atom stereocenters. The SMILES string of the molecule is CN(Cc1ccccc1)C(=O)c1cnn(-c2ccccc2F)c1-n1cccc1.